The van der Waals surface area contributed by atoms with Crippen molar-refractivity contribution in [2.75, 3.05) is 0 Å². The minimum absolute atomic E-state index is 0. The molecule has 0 bridgehead atoms. The van der Waals surface area contributed by atoms with Crippen molar-refractivity contribution in [3.05, 3.63) is 0 Å². The van der Waals surface area contributed by atoms with E-state index in [9.17, 15) is 0 Å². The van der Waals surface area contributed by atoms with Crippen LogP contribution >= 0.6 is 0 Å². The summed E-state index contributed by atoms with van der Waals surface area (Å²) in [6, 6.07) is 2.47. The number of hydrogen-bond donors (Lipinski definition) is 0. The molecule has 0 rings (SSSR count). The molecule has 0 spiro atoms. The molecule has 0 amide bonds. The van der Waals surface area contributed by atoms with Gasteiger partial charge >= 0.3 is 0 Å². The van der Waals surface area contributed by atoms with Crippen LogP contribution in [0.25, 0.3) is 0 Å². The molecule has 0 fully saturated rings. The second kappa shape index (κ2) is 9.22. The molecule has 0 aliphatic heterocycles. The first-order chi connectivity index (χ1) is 1.91. The number of nitriles is 2. The maximum absolute atomic E-state index is 7.26. The quantitative estimate of drug-likeness (QED) is 0.467. The van der Waals surface area contributed by atoms with Gasteiger partial charge in [-0.2, -0.15) is 10.5 Å². The molecule has 0 atom stereocenters. The van der Waals surface area contributed by atoms with Gasteiger partial charge in [0.1, 0.15) is 0 Å². The van der Waals surface area contributed by atoms with Gasteiger partial charge in [0.2, 0.25) is 0 Å². The van der Waals surface area contributed by atoms with Crippen molar-refractivity contribution >= 4 is 23.9 Å². The summed E-state index contributed by atoms with van der Waals surface area (Å²) in [5.74, 6) is 0. The van der Waals surface area contributed by atoms with E-state index >= 15 is 0 Å². The summed E-state index contributed by atoms with van der Waals surface area (Å²) in [7, 11) is 0. The van der Waals surface area contributed by atoms with Crippen molar-refractivity contribution in [2.45, 2.75) is 0 Å². The average Bonchev–Trinajstić information content (AvgIpc) is 1.37. The number of nitrogens with zero attached hydrogens (tertiary/aromatic N) is 2. The largest absolute Gasteiger partial charge is 0.181 e. The Kier molecular flexibility index (Phi) is 16.3. The molecule has 0 aromatic heterocycles. The average molecular weight is 171 g/mol. The van der Waals surface area contributed by atoms with Crippen LogP contribution in [0.4, 0.5) is 0 Å². The van der Waals surface area contributed by atoms with Gasteiger partial charge in [-0.25, -0.2) is 0 Å². The van der Waals surface area contributed by atoms with E-state index in [1.54, 1.807) is 0 Å². The van der Waals surface area contributed by atoms with Gasteiger partial charge in [-0.3, -0.25) is 0 Å². The van der Waals surface area contributed by atoms with Crippen molar-refractivity contribution in [3.8, 4) is 12.1 Å². The number of rotatable bonds is 0. The molecule has 0 N–H and O–H groups in total. The van der Waals surface area contributed by atoms with Crippen LogP contribution in [0.2, 0.25) is 0 Å². The van der Waals surface area contributed by atoms with Crippen LogP contribution in [-0.2, 0) is 0 Å². The molecule has 3 heteroatoms. The van der Waals surface area contributed by atoms with Crippen LogP contribution in [0.3, 0.4) is 0 Å². The first kappa shape index (κ1) is 8.84. The summed E-state index contributed by atoms with van der Waals surface area (Å²) < 4.78 is 0. The van der Waals surface area contributed by atoms with Gasteiger partial charge in [0.25, 0.3) is 0 Å². The molecule has 2 nitrogen and oxygen atoms in total. The van der Waals surface area contributed by atoms with Crippen LogP contribution in [0.5, 0.6) is 0 Å². The fourth-order valence-corrected chi connectivity index (χ4v) is 0. The van der Waals surface area contributed by atoms with Gasteiger partial charge in [-0.1, -0.05) is 0 Å². The van der Waals surface area contributed by atoms with Gasteiger partial charge in [0, 0.05) is 23.9 Å². The SMILES string of the molecule is N#CC#N.[Sn]. The summed E-state index contributed by atoms with van der Waals surface area (Å²) in [6.45, 7) is 0. The first-order valence-corrected chi connectivity index (χ1v) is 0.697. The van der Waals surface area contributed by atoms with Crippen molar-refractivity contribution in [1.29, 1.82) is 10.5 Å². The third kappa shape index (κ3) is 19.7. The van der Waals surface area contributed by atoms with Crippen LogP contribution in [0, 0.1) is 22.7 Å². The molecule has 0 aromatic rings. The van der Waals surface area contributed by atoms with Gasteiger partial charge in [0.15, 0.2) is 12.1 Å². The normalized spacial score (nSPS) is 2.00. The molecule has 0 saturated carbocycles. The Bertz CT molecular complexity index is 62.6. The maximum atomic E-state index is 7.26. The zero-order valence-electron chi connectivity index (χ0n) is 2.39. The van der Waals surface area contributed by atoms with E-state index in [0.29, 0.717) is 0 Å². The zero-order valence-corrected chi connectivity index (χ0v) is 5.25. The summed E-state index contributed by atoms with van der Waals surface area (Å²) in [5.41, 5.74) is 0. The fraction of sp³-hybridized carbons (Fsp3) is 0. The van der Waals surface area contributed by atoms with Gasteiger partial charge < -0.3 is 0 Å². The molecule has 22 valence electrons. The van der Waals surface area contributed by atoms with Crippen molar-refractivity contribution in [2.24, 2.45) is 0 Å². The van der Waals surface area contributed by atoms with Gasteiger partial charge in [0.05, 0.1) is 0 Å². The minimum Gasteiger partial charge on any atom is -0.181 e. The topological polar surface area (TPSA) is 47.6 Å². The summed E-state index contributed by atoms with van der Waals surface area (Å²) in [6.07, 6.45) is 0. The van der Waals surface area contributed by atoms with E-state index in [0.717, 1.165) is 0 Å². The van der Waals surface area contributed by atoms with E-state index in [-0.39, 0.29) is 23.9 Å². The Morgan fingerprint density at radius 1 is 1.00 bits per heavy atom. The van der Waals surface area contributed by atoms with E-state index in [1.807, 2.05) is 0 Å². The Labute approximate surface area is 47.0 Å². The summed E-state index contributed by atoms with van der Waals surface area (Å²) in [5, 5.41) is 14.5. The minimum atomic E-state index is 0. The Morgan fingerprint density at radius 2 is 1.20 bits per heavy atom. The molecule has 0 aliphatic carbocycles. The second-order valence-electron chi connectivity index (χ2n) is 0.224. The standard InChI is InChI=1S/C2N2.Sn/c3-1-2-4;. The first-order valence-electron chi connectivity index (χ1n) is 0.697. The zero-order chi connectivity index (χ0) is 3.41. The fourth-order valence-electron chi connectivity index (χ4n) is 0. The van der Waals surface area contributed by atoms with Crippen LogP contribution in [-0.4, -0.2) is 23.9 Å². The van der Waals surface area contributed by atoms with Gasteiger partial charge in [-0.05, 0) is 0 Å². The van der Waals surface area contributed by atoms with Crippen LogP contribution in [0.1, 0.15) is 0 Å². The molecule has 0 unspecified atom stereocenters. The molecule has 5 heavy (non-hydrogen) atoms. The molecule has 0 aliphatic rings. The Morgan fingerprint density at radius 3 is 1.20 bits per heavy atom. The predicted octanol–water partition coefficient (Wildman–Crippen LogP) is -0.347. The monoisotopic (exact) mass is 172 g/mol. The molecular weight excluding hydrogens is 171 g/mol. The Hall–Kier alpha value is -0.221. The molecule has 4 radical (unpaired) electrons. The second-order valence-corrected chi connectivity index (χ2v) is 0.224. The van der Waals surface area contributed by atoms with Gasteiger partial charge in [-0.15, -0.1) is 0 Å². The smallest absolute Gasteiger partial charge is 0.181 e. The molecule has 0 heterocycles. The van der Waals surface area contributed by atoms with E-state index < -0.39 is 0 Å². The van der Waals surface area contributed by atoms with Crippen LogP contribution < -0.4 is 0 Å². The summed E-state index contributed by atoms with van der Waals surface area (Å²) in [4.78, 5) is 0. The van der Waals surface area contributed by atoms with Crippen molar-refractivity contribution in [3.63, 3.8) is 0 Å². The molecule has 0 aromatic carbocycles. The van der Waals surface area contributed by atoms with E-state index in [1.165, 1.54) is 12.1 Å². The molecule has 0 saturated heterocycles. The Balaban J connectivity index is 0. The van der Waals surface area contributed by atoms with Crippen molar-refractivity contribution < 1.29 is 0 Å². The third-order valence-electron chi connectivity index (χ3n) is 0.0500. The maximum Gasteiger partial charge on any atom is 0.181 e. The predicted molar refractivity (Wildman–Crippen MR) is 17.0 cm³/mol. The van der Waals surface area contributed by atoms with E-state index in [2.05, 4.69) is 0 Å². The molecular formula is C2N2Sn. The summed E-state index contributed by atoms with van der Waals surface area (Å²) >= 11 is 0. The van der Waals surface area contributed by atoms with E-state index in [4.69, 9.17) is 10.5 Å². The third-order valence-corrected chi connectivity index (χ3v) is 0.0500. The number of hydrogen-bond acceptors (Lipinski definition) is 2. The van der Waals surface area contributed by atoms with Crippen molar-refractivity contribution in [1.82, 2.24) is 0 Å². The van der Waals surface area contributed by atoms with Crippen LogP contribution in [0.15, 0.2) is 0 Å².